The number of piperidine rings is 1. The lowest BCUT2D eigenvalue weighted by atomic mass is 10.0. The lowest BCUT2D eigenvalue weighted by molar-refractivity contribution is 0.0746. The van der Waals surface area contributed by atoms with Gasteiger partial charge in [0.1, 0.15) is 4.88 Å². The zero-order valence-electron chi connectivity index (χ0n) is 10.6. The van der Waals surface area contributed by atoms with Gasteiger partial charge in [-0.05, 0) is 37.8 Å². The highest BCUT2D eigenvalue weighted by atomic mass is 35.5. The van der Waals surface area contributed by atoms with Crippen LogP contribution in [0.25, 0.3) is 0 Å². The highest BCUT2D eigenvalue weighted by Gasteiger charge is 2.22. The van der Waals surface area contributed by atoms with E-state index in [9.17, 15) is 4.79 Å². The third-order valence-electron chi connectivity index (χ3n) is 3.33. The first-order chi connectivity index (χ1) is 8.72. The van der Waals surface area contributed by atoms with Crippen LogP contribution in [0.15, 0.2) is 11.4 Å². The number of hydrogen-bond acceptors (Lipinski definition) is 3. The molecule has 100 valence electrons. The highest BCUT2D eigenvalue weighted by Crippen LogP contribution is 2.24. The molecule has 0 saturated carbocycles. The van der Waals surface area contributed by atoms with Crippen molar-refractivity contribution in [1.29, 1.82) is 0 Å². The maximum Gasteiger partial charge on any atom is 0.265 e. The third-order valence-corrected chi connectivity index (χ3v) is 4.66. The molecule has 0 bridgehead atoms. The Balaban J connectivity index is 1.99. The van der Waals surface area contributed by atoms with Gasteiger partial charge in [-0.2, -0.15) is 0 Å². The maximum atomic E-state index is 12.4. The minimum absolute atomic E-state index is 0.0601. The number of amides is 1. The first-order valence-corrected chi connectivity index (χ1v) is 7.73. The summed E-state index contributed by atoms with van der Waals surface area (Å²) < 4.78 is 0. The molecule has 3 nitrogen and oxygen atoms in total. The van der Waals surface area contributed by atoms with E-state index in [0.717, 1.165) is 26.1 Å². The Morgan fingerprint density at radius 3 is 3.00 bits per heavy atom. The van der Waals surface area contributed by atoms with E-state index in [1.54, 1.807) is 6.07 Å². The molecule has 1 amide bonds. The van der Waals surface area contributed by atoms with Gasteiger partial charge >= 0.3 is 0 Å². The van der Waals surface area contributed by atoms with Gasteiger partial charge in [0.2, 0.25) is 0 Å². The summed E-state index contributed by atoms with van der Waals surface area (Å²) in [7, 11) is 0. The molecule has 0 aromatic carbocycles. The van der Waals surface area contributed by atoms with E-state index < -0.39 is 0 Å². The number of thiophene rings is 1. The van der Waals surface area contributed by atoms with Crippen LogP contribution in [0.5, 0.6) is 0 Å². The van der Waals surface area contributed by atoms with Gasteiger partial charge in [0.05, 0.1) is 5.02 Å². The van der Waals surface area contributed by atoms with Crippen molar-refractivity contribution < 1.29 is 4.79 Å². The van der Waals surface area contributed by atoms with E-state index >= 15 is 0 Å². The Kier molecular flexibility index (Phi) is 5.03. The van der Waals surface area contributed by atoms with Crippen molar-refractivity contribution in [3.8, 4) is 0 Å². The van der Waals surface area contributed by atoms with E-state index in [2.05, 4.69) is 5.32 Å². The standard InChI is InChI=1S/C13H19ClN2OS/c1-2-16(9-10-5-3-4-7-15-10)13(17)12-11(14)6-8-18-12/h6,8,10,15H,2-5,7,9H2,1H3. The summed E-state index contributed by atoms with van der Waals surface area (Å²) in [4.78, 5) is 14.9. The van der Waals surface area contributed by atoms with Crippen LogP contribution in [0.1, 0.15) is 35.9 Å². The Labute approximate surface area is 117 Å². The van der Waals surface area contributed by atoms with Crippen molar-refractivity contribution >= 4 is 28.8 Å². The van der Waals surface area contributed by atoms with E-state index in [-0.39, 0.29) is 5.91 Å². The summed E-state index contributed by atoms with van der Waals surface area (Å²) in [5.41, 5.74) is 0. The molecule has 1 aromatic heterocycles. The summed E-state index contributed by atoms with van der Waals surface area (Å²) >= 11 is 7.45. The third kappa shape index (κ3) is 3.25. The number of nitrogens with one attached hydrogen (secondary N) is 1. The van der Waals surface area contributed by atoms with Crippen molar-refractivity contribution in [2.45, 2.75) is 32.2 Å². The van der Waals surface area contributed by atoms with Crippen LogP contribution >= 0.6 is 22.9 Å². The van der Waals surface area contributed by atoms with Gasteiger partial charge in [-0.25, -0.2) is 0 Å². The van der Waals surface area contributed by atoms with E-state index in [0.29, 0.717) is 15.9 Å². The van der Waals surface area contributed by atoms with Crippen molar-refractivity contribution in [3.05, 3.63) is 21.3 Å². The summed E-state index contributed by atoms with van der Waals surface area (Å²) in [5, 5.41) is 5.91. The van der Waals surface area contributed by atoms with E-state index in [4.69, 9.17) is 11.6 Å². The Morgan fingerprint density at radius 2 is 2.44 bits per heavy atom. The van der Waals surface area contributed by atoms with Crippen LogP contribution in [0.2, 0.25) is 5.02 Å². The smallest absolute Gasteiger partial charge is 0.265 e. The number of carbonyl (C=O) groups is 1. The summed E-state index contributed by atoms with van der Waals surface area (Å²) in [5.74, 6) is 0.0601. The lowest BCUT2D eigenvalue weighted by Crippen LogP contribution is -2.45. The van der Waals surface area contributed by atoms with Crippen molar-refractivity contribution in [1.82, 2.24) is 10.2 Å². The molecule has 1 fully saturated rings. The van der Waals surface area contributed by atoms with Crippen molar-refractivity contribution in [2.75, 3.05) is 19.6 Å². The zero-order valence-corrected chi connectivity index (χ0v) is 12.2. The van der Waals surface area contributed by atoms with Gasteiger partial charge < -0.3 is 10.2 Å². The number of hydrogen-bond donors (Lipinski definition) is 1. The van der Waals surface area contributed by atoms with Gasteiger partial charge in [0.25, 0.3) is 5.91 Å². The van der Waals surface area contributed by atoms with Gasteiger partial charge in [-0.15, -0.1) is 11.3 Å². The maximum absolute atomic E-state index is 12.4. The minimum atomic E-state index is 0.0601. The van der Waals surface area contributed by atoms with E-state index in [1.165, 1.54) is 24.2 Å². The molecular formula is C13H19ClN2OS. The van der Waals surface area contributed by atoms with Crippen LogP contribution in [0.4, 0.5) is 0 Å². The normalized spacial score (nSPS) is 19.8. The van der Waals surface area contributed by atoms with Crippen LogP contribution < -0.4 is 5.32 Å². The molecule has 2 heterocycles. The average molecular weight is 287 g/mol. The average Bonchev–Trinajstić information content (AvgIpc) is 2.82. The first-order valence-electron chi connectivity index (χ1n) is 6.48. The summed E-state index contributed by atoms with van der Waals surface area (Å²) in [6, 6.07) is 2.22. The predicted molar refractivity (Wildman–Crippen MR) is 76.5 cm³/mol. The Bertz CT molecular complexity index is 401. The molecule has 1 atom stereocenters. The number of rotatable bonds is 4. The second-order valence-electron chi connectivity index (χ2n) is 4.59. The van der Waals surface area contributed by atoms with Crippen LogP contribution in [0, 0.1) is 0 Å². The minimum Gasteiger partial charge on any atom is -0.337 e. The molecule has 5 heteroatoms. The summed E-state index contributed by atoms with van der Waals surface area (Å²) in [6.45, 7) is 4.59. The first kappa shape index (κ1) is 13.8. The predicted octanol–water partition coefficient (Wildman–Crippen LogP) is 3.01. The molecule has 0 aliphatic carbocycles. The fourth-order valence-corrected chi connectivity index (χ4v) is 3.39. The summed E-state index contributed by atoms with van der Waals surface area (Å²) in [6.07, 6.45) is 3.65. The molecule has 0 spiro atoms. The molecule has 1 N–H and O–H groups in total. The quantitative estimate of drug-likeness (QED) is 0.923. The molecule has 1 saturated heterocycles. The molecule has 1 aromatic rings. The van der Waals surface area contributed by atoms with Crippen LogP contribution in [-0.2, 0) is 0 Å². The fraction of sp³-hybridized carbons (Fsp3) is 0.615. The molecule has 1 aliphatic rings. The monoisotopic (exact) mass is 286 g/mol. The number of likely N-dealkylation sites (N-methyl/N-ethyl adjacent to an activating group) is 1. The fourth-order valence-electron chi connectivity index (χ4n) is 2.29. The topological polar surface area (TPSA) is 32.3 Å². The molecule has 2 rings (SSSR count). The number of halogens is 1. The second kappa shape index (κ2) is 6.55. The Morgan fingerprint density at radius 1 is 1.61 bits per heavy atom. The number of carbonyl (C=O) groups excluding carboxylic acids is 1. The Hall–Kier alpha value is -0.580. The molecule has 0 radical (unpaired) electrons. The van der Waals surface area contributed by atoms with E-state index in [1.807, 2.05) is 17.2 Å². The highest BCUT2D eigenvalue weighted by molar-refractivity contribution is 7.12. The van der Waals surface area contributed by atoms with Crippen molar-refractivity contribution in [3.63, 3.8) is 0 Å². The molecular weight excluding hydrogens is 268 g/mol. The molecule has 18 heavy (non-hydrogen) atoms. The largest absolute Gasteiger partial charge is 0.337 e. The molecule has 1 aliphatic heterocycles. The van der Waals surface area contributed by atoms with Crippen LogP contribution in [0.3, 0.4) is 0 Å². The van der Waals surface area contributed by atoms with Gasteiger partial charge in [-0.1, -0.05) is 18.0 Å². The number of nitrogens with zero attached hydrogens (tertiary/aromatic N) is 1. The second-order valence-corrected chi connectivity index (χ2v) is 5.91. The van der Waals surface area contributed by atoms with Crippen molar-refractivity contribution in [2.24, 2.45) is 0 Å². The van der Waals surface area contributed by atoms with Crippen LogP contribution in [-0.4, -0.2) is 36.5 Å². The van der Waals surface area contributed by atoms with Gasteiger partial charge in [0.15, 0.2) is 0 Å². The van der Waals surface area contributed by atoms with Gasteiger partial charge in [0, 0.05) is 19.1 Å². The zero-order chi connectivity index (χ0) is 13.0. The SMILES string of the molecule is CCN(CC1CCCCN1)C(=O)c1sccc1Cl. The van der Waals surface area contributed by atoms with Gasteiger partial charge in [-0.3, -0.25) is 4.79 Å². The lowest BCUT2D eigenvalue weighted by Gasteiger charge is -2.29. The molecule has 1 unspecified atom stereocenters.